The van der Waals surface area contributed by atoms with Crippen molar-refractivity contribution in [3.05, 3.63) is 81.6 Å². The second kappa shape index (κ2) is 6.71. The normalized spacial score (nSPS) is 10.8. The molecule has 0 spiro atoms. The lowest BCUT2D eigenvalue weighted by molar-refractivity contribution is 0.0787. The van der Waals surface area contributed by atoms with Gasteiger partial charge in [-0.25, -0.2) is 0 Å². The number of hydrogen-bond donors (Lipinski definition) is 1. The Bertz CT molecular complexity index is 926. The Balaban J connectivity index is 1.89. The number of amides is 1. The number of rotatable bonds is 4. The minimum Gasteiger partial charge on any atom is -0.337 e. The van der Waals surface area contributed by atoms with E-state index in [2.05, 4.69) is 24.0 Å². The number of nitrogens with zero attached hydrogens (tertiary/aromatic N) is 1. The number of pyridine rings is 1. The summed E-state index contributed by atoms with van der Waals surface area (Å²) in [7, 11) is 1.76. The van der Waals surface area contributed by atoms with Crippen molar-refractivity contribution in [3.63, 3.8) is 0 Å². The Morgan fingerprint density at radius 3 is 2.42 bits per heavy atom. The van der Waals surface area contributed by atoms with Gasteiger partial charge in [0, 0.05) is 30.6 Å². The molecule has 0 saturated heterocycles. The van der Waals surface area contributed by atoms with E-state index in [4.69, 9.17) is 0 Å². The van der Waals surface area contributed by atoms with E-state index in [0.717, 1.165) is 17.4 Å². The molecule has 1 heterocycles. The van der Waals surface area contributed by atoms with E-state index in [9.17, 15) is 9.59 Å². The summed E-state index contributed by atoms with van der Waals surface area (Å²) in [6.07, 6.45) is 0.994. The summed E-state index contributed by atoms with van der Waals surface area (Å²) < 4.78 is 0. The van der Waals surface area contributed by atoms with Gasteiger partial charge in [-0.15, -0.1) is 0 Å². The number of aromatic nitrogens is 1. The molecule has 0 aliphatic rings. The lowest BCUT2D eigenvalue weighted by Crippen LogP contribution is -2.27. The van der Waals surface area contributed by atoms with Gasteiger partial charge in [0.2, 0.25) is 5.56 Å². The first-order chi connectivity index (χ1) is 11.6. The Hall–Kier alpha value is -2.88. The first kappa shape index (κ1) is 16.0. The SMILES string of the molecule is CCc1ccc(CN(C)C(=O)c2cc(=O)[nH]c3ccccc23)cc1. The van der Waals surface area contributed by atoms with Crippen LogP contribution in [0.3, 0.4) is 0 Å². The number of hydrogen-bond acceptors (Lipinski definition) is 2. The van der Waals surface area contributed by atoms with Crippen LogP contribution in [0.4, 0.5) is 0 Å². The molecule has 0 unspecified atom stereocenters. The second-order valence-electron chi connectivity index (χ2n) is 5.92. The lowest BCUT2D eigenvalue weighted by Gasteiger charge is -2.18. The van der Waals surface area contributed by atoms with Gasteiger partial charge < -0.3 is 9.88 Å². The molecule has 0 radical (unpaired) electrons. The fourth-order valence-corrected chi connectivity index (χ4v) is 2.81. The molecular formula is C20H20N2O2. The van der Waals surface area contributed by atoms with Crippen molar-refractivity contribution in [2.75, 3.05) is 7.05 Å². The van der Waals surface area contributed by atoms with Crippen LogP contribution < -0.4 is 5.56 Å². The Labute approximate surface area is 140 Å². The molecule has 0 aliphatic carbocycles. The van der Waals surface area contributed by atoms with Crippen LogP contribution in [0, 0.1) is 0 Å². The van der Waals surface area contributed by atoms with E-state index in [1.807, 2.05) is 30.3 Å². The molecule has 24 heavy (non-hydrogen) atoms. The van der Waals surface area contributed by atoms with E-state index in [1.54, 1.807) is 18.0 Å². The molecule has 4 heteroatoms. The van der Waals surface area contributed by atoms with Gasteiger partial charge in [-0.3, -0.25) is 9.59 Å². The van der Waals surface area contributed by atoms with Crippen molar-refractivity contribution < 1.29 is 4.79 Å². The molecule has 2 aromatic carbocycles. The van der Waals surface area contributed by atoms with Crippen molar-refractivity contribution in [3.8, 4) is 0 Å². The fraction of sp³-hybridized carbons (Fsp3) is 0.200. The zero-order chi connectivity index (χ0) is 17.1. The Morgan fingerprint density at radius 2 is 1.71 bits per heavy atom. The number of aryl methyl sites for hydroxylation is 1. The zero-order valence-electron chi connectivity index (χ0n) is 13.9. The largest absolute Gasteiger partial charge is 0.337 e. The molecule has 0 fully saturated rings. The van der Waals surface area contributed by atoms with Gasteiger partial charge in [-0.2, -0.15) is 0 Å². The maximum atomic E-state index is 12.8. The highest BCUT2D eigenvalue weighted by atomic mass is 16.2. The lowest BCUT2D eigenvalue weighted by atomic mass is 10.1. The van der Waals surface area contributed by atoms with Gasteiger partial charge in [-0.05, 0) is 23.6 Å². The first-order valence-electron chi connectivity index (χ1n) is 8.04. The summed E-state index contributed by atoms with van der Waals surface area (Å²) >= 11 is 0. The van der Waals surface area contributed by atoms with Crippen LogP contribution in [-0.2, 0) is 13.0 Å². The average molecular weight is 320 g/mol. The van der Waals surface area contributed by atoms with Crippen LogP contribution >= 0.6 is 0 Å². The van der Waals surface area contributed by atoms with Crippen LogP contribution in [0.25, 0.3) is 10.9 Å². The van der Waals surface area contributed by atoms with E-state index in [0.29, 0.717) is 17.6 Å². The van der Waals surface area contributed by atoms with Crippen LogP contribution in [-0.4, -0.2) is 22.8 Å². The molecule has 3 rings (SSSR count). The second-order valence-corrected chi connectivity index (χ2v) is 5.92. The monoisotopic (exact) mass is 320 g/mol. The van der Waals surface area contributed by atoms with Crippen LogP contribution in [0.1, 0.15) is 28.4 Å². The van der Waals surface area contributed by atoms with E-state index in [1.165, 1.54) is 11.6 Å². The maximum absolute atomic E-state index is 12.8. The number of para-hydroxylation sites is 1. The molecule has 122 valence electrons. The van der Waals surface area contributed by atoms with Gasteiger partial charge in [0.15, 0.2) is 0 Å². The van der Waals surface area contributed by atoms with Crippen molar-refractivity contribution in [1.29, 1.82) is 0 Å². The third kappa shape index (κ3) is 3.23. The quantitative estimate of drug-likeness (QED) is 0.801. The molecule has 0 saturated carbocycles. The Kier molecular flexibility index (Phi) is 4.47. The molecule has 1 N–H and O–H groups in total. The van der Waals surface area contributed by atoms with Crippen LogP contribution in [0.5, 0.6) is 0 Å². The van der Waals surface area contributed by atoms with Crippen LogP contribution in [0.2, 0.25) is 0 Å². The Morgan fingerprint density at radius 1 is 1.04 bits per heavy atom. The summed E-state index contributed by atoms with van der Waals surface area (Å²) in [6, 6.07) is 17.0. The summed E-state index contributed by atoms with van der Waals surface area (Å²) in [5.41, 5.74) is 3.18. The number of H-pyrrole nitrogens is 1. The minimum absolute atomic E-state index is 0.156. The predicted octanol–water partition coefficient (Wildman–Crippen LogP) is 3.36. The number of benzene rings is 2. The van der Waals surface area contributed by atoms with Crippen molar-refractivity contribution in [1.82, 2.24) is 9.88 Å². The van der Waals surface area contributed by atoms with E-state index >= 15 is 0 Å². The van der Waals surface area contributed by atoms with Gasteiger partial charge in [0.25, 0.3) is 5.91 Å². The predicted molar refractivity (Wildman–Crippen MR) is 96.2 cm³/mol. The number of carbonyl (C=O) groups is 1. The van der Waals surface area contributed by atoms with E-state index < -0.39 is 0 Å². The van der Waals surface area contributed by atoms with Gasteiger partial charge in [0.05, 0.1) is 5.56 Å². The van der Waals surface area contributed by atoms with Gasteiger partial charge in [0.1, 0.15) is 0 Å². The van der Waals surface area contributed by atoms with Gasteiger partial charge >= 0.3 is 0 Å². The fourth-order valence-electron chi connectivity index (χ4n) is 2.81. The third-order valence-electron chi connectivity index (χ3n) is 4.18. The van der Waals surface area contributed by atoms with Crippen molar-refractivity contribution in [2.24, 2.45) is 0 Å². The summed E-state index contributed by atoms with van der Waals surface area (Å²) in [4.78, 5) is 29.0. The van der Waals surface area contributed by atoms with E-state index in [-0.39, 0.29) is 11.5 Å². The number of carbonyl (C=O) groups excluding carboxylic acids is 1. The standard InChI is InChI=1S/C20H20N2O2/c1-3-14-8-10-15(11-9-14)13-22(2)20(24)17-12-19(23)21-18-7-5-4-6-16(17)18/h4-12H,3,13H2,1-2H3,(H,21,23). The zero-order valence-corrected chi connectivity index (χ0v) is 13.9. The van der Waals surface area contributed by atoms with Crippen molar-refractivity contribution in [2.45, 2.75) is 19.9 Å². The molecular weight excluding hydrogens is 300 g/mol. The smallest absolute Gasteiger partial charge is 0.254 e. The summed E-state index contributed by atoms with van der Waals surface area (Å²) in [5, 5.41) is 0.760. The topological polar surface area (TPSA) is 53.2 Å². The molecule has 1 amide bonds. The summed E-state index contributed by atoms with van der Waals surface area (Å²) in [6.45, 7) is 2.62. The van der Waals surface area contributed by atoms with Crippen LogP contribution in [0.15, 0.2) is 59.4 Å². The molecule has 1 aromatic heterocycles. The number of fused-ring (bicyclic) bond motifs is 1. The first-order valence-corrected chi connectivity index (χ1v) is 8.04. The molecule has 0 atom stereocenters. The van der Waals surface area contributed by atoms with Gasteiger partial charge in [-0.1, -0.05) is 49.4 Å². The molecule has 0 bridgehead atoms. The van der Waals surface area contributed by atoms with Crippen molar-refractivity contribution >= 4 is 16.8 Å². The highest BCUT2D eigenvalue weighted by Crippen LogP contribution is 2.17. The number of nitrogens with one attached hydrogen (secondary N) is 1. The third-order valence-corrected chi connectivity index (χ3v) is 4.18. The highest BCUT2D eigenvalue weighted by Gasteiger charge is 2.16. The minimum atomic E-state index is -0.266. The highest BCUT2D eigenvalue weighted by molar-refractivity contribution is 6.05. The molecule has 0 aliphatic heterocycles. The average Bonchev–Trinajstić information content (AvgIpc) is 2.61. The number of aromatic amines is 1. The summed E-state index contributed by atoms with van der Waals surface area (Å²) in [5.74, 6) is -0.156. The maximum Gasteiger partial charge on any atom is 0.254 e. The molecule has 3 aromatic rings. The molecule has 4 nitrogen and oxygen atoms in total.